The number of hydrogen-bond donors (Lipinski definition) is 3. The van der Waals surface area contributed by atoms with Crippen LogP contribution >= 0.6 is 11.8 Å². The van der Waals surface area contributed by atoms with E-state index in [1.807, 2.05) is 30.6 Å². The number of hydrogen-bond acceptors (Lipinski definition) is 9. The van der Waals surface area contributed by atoms with Crippen molar-refractivity contribution in [3.05, 3.63) is 66.2 Å². The molecular formula is C26H32N6O3S. The molecule has 10 heteroatoms. The first-order valence-electron chi connectivity index (χ1n) is 11.8. The summed E-state index contributed by atoms with van der Waals surface area (Å²) >= 11 is 1.70. The van der Waals surface area contributed by atoms with E-state index in [0.717, 1.165) is 51.0 Å². The van der Waals surface area contributed by atoms with Crippen LogP contribution in [0.2, 0.25) is 0 Å². The zero-order valence-corrected chi connectivity index (χ0v) is 21.2. The summed E-state index contributed by atoms with van der Waals surface area (Å²) in [5, 5.41) is 18.1. The first-order chi connectivity index (χ1) is 17.7. The van der Waals surface area contributed by atoms with Gasteiger partial charge in [-0.05, 0) is 74.4 Å². The second-order valence-corrected chi connectivity index (χ2v) is 9.05. The molecule has 1 fully saturated rings. The number of piperidine rings is 1. The summed E-state index contributed by atoms with van der Waals surface area (Å²) in [4.78, 5) is 24.9. The van der Waals surface area contributed by atoms with Crippen LogP contribution in [0.25, 0.3) is 0 Å². The maximum Gasteiger partial charge on any atom is 0.290 e. The Morgan fingerprint density at radius 1 is 1.22 bits per heavy atom. The molecule has 0 aliphatic carbocycles. The van der Waals surface area contributed by atoms with Crippen molar-refractivity contribution in [2.75, 3.05) is 31.2 Å². The van der Waals surface area contributed by atoms with Gasteiger partial charge in [0.1, 0.15) is 18.2 Å². The Morgan fingerprint density at radius 2 is 1.97 bits per heavy atom. The predicted octanol–water partition coefficient (Wildman–Crippen LogP) is 4.51. The lowest BCUT2D eigenvalue weighted by atomic mass is 10.1. The van der Waals surface area contributed by atoms with Gasteiger partial charge in [-0.3, -0.25) is 9.78 Å². The van der Waals surface area contributed by atoms with Crippen LogP contribution in [-0.2, 0) is 11.2 Å². The van der Waals surface area contributed by atoms with Crippen molar-refractivity contribution in [2.24, 2.45) is 0 Å². The zero-order chi connectivity index (χ0) is 25.6. The molecule has 4 rings (SSSR count). The Labute approximate surface area is 215 Å². The summed E-state index contributed by atoms with van der Waals surface area (Å²) < 4.78 is 6.23. The van der Waals surface area contributed by atoms with Crippen LogP contribution in [0.4, 0.5) is 11.5 Å². The van der Waals surface area contributed by atoms with E-state index in [1.165, 1.54) is 23.0 Å². The molecule has 2 aromatic heterocycles. The number of carboxylic acid groups (broad SMARTS) is 1. The fourth-order valence-electron chi connectivity index (χ4n) is 3.98. The van der Waals surface area contributed by atoms with Crippen molar-refractivity contribution in [1.29, 1.82) is 5.41 Å². The monoisotopic (exact) mass is 508 g/mol. The number of pyridine rings is 1. The van der Waals surface area contributed by atoms with Gasteiger partial charge in [-0.15, -0.1) is 11.8 Å². The lowest BCUT2D eigenvalue weighted by molar-refractivity contribution is -0.122. The number of thioether (sulfide) groups is 1. The van der Waals surface area contributed by atoms with Crippen LogP contribution in [0.3, 0.4) is 0 Å². The second-order valence-electron chi connectivity index (χ2n) is 8.17. The molecule has 3 N–H and O–H groups in total. The summed E-state index contributed by atoms with van der Waals surface area (Å²) in [6, 6.07) is 12.3. The standard InChI is InChI=1S/C25H30N6OS.CH2O2/c1-33-22-8-6-20(7-9-22)30-24-23(16-26)25(29-18-28-24)32-21-10-14-31(15-11-21)13-3-5-19-4-2-12-27-17-19;2-1-3/h2,4,6-9,12,16-18,21,26H,3,5,10-11,13-15H2,1H3,(H,28,29,30);1H,(H,2,3). The van der Waals surface area contributed by atoms with E-state index in [-0.39, 0.29) is 12.6 Å². The Hall–Kier alpha value is -3.50. The normalized spacial score (nSPS) is 13.8. The second kappa shape index (κ2) is 14.8. The average Bonchev–Trinajstić information content (AvgIpc) is 2.91. The molecule has 190 valence electrons. The number of aromatic nitrogens is 3. The predicted molar refractivity (Wildman–Crippen MR) is 143 cm³/mol. The van der Waals surface area contributed by atoms with Crippen LogP contribution in [0.1, 0.15) is 30.4 Å². The number of rotatable bonds is 10. The van der Waals surface area contributed by atoms with Gasteiger partial charge >= 0.3 is 0 Å². The van der Waals surface area contributed by atoms with E-state index in [1.54, 1.807) is 11.8 Å². The summed E-state index contributed by atoms with van der Waals surface area (Å²) in [6.45, 7) is 2.86. The molecule has 0 spiro atoms. The average molecular weight is 509 g/mol. The molecule has 0 bridgehead atoms. The molecule has 1 aromatic carbocycles. The van der Waals surface area contributed by atoms with Gasteiger partial charge in [-0.25, -0.2) is 9.97 Å². The lowest BCUT2D eigenvalue weighted by Crippen LogP contribution is -2.39. The van der Waals surface area contributed by atoms with E-state index in [4.69, 9.17) is 20.0 Å². The van der Waals surface area contributed by atoms with E-state index >= 15 is 0 Å². The molecule has 0 atom stereocenters. The van der Waals surface area contributed by atoms with Crippen molar-refractivity contribution in [1.82, 2.24) is 19.9 Å². The quantitative estimate of drug-likeness (QED) is 0.206. The molecule has 3 heterocycles. The van der Waals surface area contributed by atoms with Crippen LogP contribution < -0.4 is 10.1 Å². The van der Waals surface area contributed by atoms with Gasteiger partial charge in [0.05, 0.1) is 5.56 Å². The van der Waals surface area contributed by atoms with Crippen molar-refractivity contribution in [3.8, 4) is 5.88 Å². The first kappa shape index (κ1) is 27.1. The van der Waals surface area contributed by atoms with Gasteiger partial charge in [0.2, 0.25) is 5.88 Å². The minimum atomic E-state index is -0.250. The van der Waals surface area contributed by atoms with Crippen LogP contribution in [0, 0.1) is 5.41 Å². The highest BCUT2D eigenvalue weighted by atomic mass is 32.2. The number of likely N-dealkylation sites (tertiary alicyclic amines) is 1. The third kappa shape index (κ3) is 8.31. The Kier molecular flexibility index (Phi) is 11.1. The number of carbonyl (C=O) groups is 1. The number of benzene rings is 1. The number of aryl methyl sites for hydroxylation is 1. The maximum atomic E-state index is 8.36. The van der Waals surface area contributed by atoms with Gasteiger partial charge in [0.25, 0.3) is 6.47 Å². The summed E-state index contributed by atoms with van der Waals surface area (Å²) in [5.74, 6) is 1.05. The van der Waals surface area contributed by atoms with Gasteiger partial charge < -0.3 is 25.5 Å². The van der Waals surface area contributed by atoms with Crippen molar-refractivity contribution in [3.63, 3.8) is 0 Å². The molecule has 36 heavy (non-hydrogen) atoms. The van der Waals surface area contributed by atoms with Crippen molar-refractivity contribution < 1.29 is 14.6 Å². The lowest BCUT2D eigenvalue weighted by Gasteiger charge is -2.32. The minimum absolute atomic E-state index is 0.0990. The Balaban J connectivity index is 0.00000115. The van der Waals surface area contributed by atoms with E-state index in [0.29, 0.717) is 17.3 Å². The Morgan fingerprint density at radius 3 is 2.61 bits per heavy atom. The maximum absolute atomic E-state index is 8.36. The van der Waals surface area contributed by atoms with Gasteiger partial charge in [0, 0.05) is 42.3 Å². The highest BCUT2D eigenvalue weighted by molar-refractivity contribution is 7.98. The zero-order valence-electron chi connectivity index (χ0n) is 20.3. The summed E-state index contributed by atoms with van der Waals surface area (Å²) in [5.41, 5.74) is 2.79. The highest BCUT2D eigenvalue weighted by Gasteiger charge is 2.22. The fraction of sp³-hybridized carbons (Fsp3) is 0.346. The topological polar surface area (TPSA) is 124 Å². The van der Waals surface area contributed by atoms with Gasteiger partial charge in [-0.2, -0.15) is 0 Å². The molecule has 0 saturated carbocycles. The molecule has 9 nitrogen and oxygen atoms in total. The highest BCUT2D eigenvalue weighted by Crippen LogP contribution is 2.27. The van der Waals surface area contributed by atoms with Crippen LogP contribution in [0.15, 0.2) is 60.0 Å². The first-order valence-corrected chi connectivity index (χ1v) is 13.0. The van der Waals surface area contributed by atoms with E-state index in [9.17, 15) is 0 Å². The summed E-state index contributed by atoms with van der Waals surface area (Å²) in [6.07, 6.45) is 12.8. The number of anilines is 2. The molecule has 1 saturated heterocycles. The molecule has 1 aliphatic rings. The van der Waals surface area contributed by atoms with Crippen LogP contribution in [0.5, 0.6) is 5.88 Å². The molecule has 1 aliphatic heterocycles. The smallest absolute Gasteiger partial charge is 0.290 e. The molecule has 0 amide bonds. The van der Waals surface area contributed by atoms with Gasteiger partial charge in [0.15, 0.2) is 0 Å². The fourth-order valence-corrected chi connectivity index (χ4v) is 4.38. The van der Waals surface area contributed by atoms with Crippen molar-refractivity contribution >= 4 is 36.0 Å². The third-order valence-corrected chi connectivity index (χ3v) is 6.56. The molecule has 0 radical (unpaired) electrons. The Bertz CT molecular complexity index is 1080. The number of ether oxygens (including phenoxy) is 1. The largest absolute Gasteiger partial charge is 0.483 e. The SMILES string of the molecule is CSc1ccc(Nc2ncnc(OC3CCN(CCCc4cccnc4)CC3)c2C=N)cc1.O=CO. The minimum Gasteiger partial charge on any atom is -0.483 e. The number of nitrogens with zero attached hydrogens (tertiary/aromatic N) is 4. The van der Waals surface area contributed by atoms with Crippen molar-refractivity contribution in [2.45, 2.75) is 36.7 Å². The third-order valence-electron chi connectivity index (χ3n) is 5.82. The van der Waals surface area contributed by atoms with Gasteiger partial charge in [-0.1, -0.05) is 6.07 Å². The molecule has 0 unspecified atom stereocenters. The van der Waals surface area contributed by atoms with Crippen LogP contribution in [-0.4, -0.2) is 69.6 Å². The molecule has 3 aromatic rings. The molecular weight excluding hydrogens is 476 g/mol. The number of nitrogens with one attached hydrogen (secondary N) is 2. The van der Waals surface area contributed by atoms with E-state index in [2.05, 4.69) is 49.6 Å². The van der Waals surface area contributed by atoms with E-state index < -0.39 is 0 Å². The summed E-state index contributed by atoms with van der Waals surface area (Å²) in [7, 11) is 0.